The number of amides is 1. The van der Waals surface area contributed by atoms with Crippen LogP contribution in [0, 0.1) is 0 Å². The van der Waals surface area contributed by atoms with E-state index < -0.39 is 0 Å². The molecule has 0 heterocycles. The van der Waals surface area contributed by atoms with E-state index in [0.717, 1.165) is 11.3 Å². The molecule has 0 aliphatic rings. The Bertz CT molecular complexity index is 593. The molecule has 0 radical (unpaired) electrons. The highest BCUT2D eigenvalue weighted by atomic mass is 16.5. The number of phenolic OH excluding ortho intramolecular Hbond substituents is 1. The average molecular weight is 271 g/mol. The van der Waals surface area contributed by atoms with Crippen LogP contribution >= 0.6 is 0 Å². The zero-order chi connectivity index (χ0) is 14.5. The number of hydrogen-bond acceptors (Lipinski definition) is 3. The Kier molecular flexibility index (Phi) is 4.25. The lowest BCUT2D eigenvalue weighted by molar-refractivity contribution is 0.0939. The molecular weight excluding hydrogens is 254 g/mol. The van der Waals surface area contributed by atoms with Gasteiger partial charge in [0.1, 0.15) is 11.5 Å². The fraction of sp³-hybridized carbons (Fsp3) is 0.188. The molecule has 1 atom stereocenters. The van der Waals surface area contributed by atoms with Gasteiger partial charge >= 0.3 is 0 Å². The summed E-state index contributed by atoms with van der Waals surface area (Å²) >= 11 is 0. The Balaban J connectivity index is 2.06. The molecule has 1 amide bonds. The Morgan fingerprint density at radius 2 is 1.90 bits per heavy atom. The molecular formula is C16H17NO3. The molecule has 0 saturated carbocycles. The first-order valence-corrected chi connectivity index (χ1v) is 6.34. The summed E-state index contributed by atoms with van der Waals surface area (Å²) in [7, 11) is 1.61. The Labute approximate surface area is 118 Å². The third-order valence-electron chi connectivity index (χ3n) is 3.07. The lowest BCUT2D eigenvalue weighted by Gasteiger charge is -2.15. The zero-order valence-corrected chi connectivity index (χ0v) is 11.5. The van der Waals surface area contributed by atoms with Gasteiger partial charge in [0.25, 0.3) is 5.91 Å². The first-order chi connectivity index (χ1) is 9.60. The third-order valence-corrected chi connectivity index (χ3v) is 3.07. The number of phenols is 1. The van der Waals surface area contributed by atoms with E-state index in [2.05, 4.69) is 5.32 Å². The Morgan fingerprint density at radius 3 is 2.50 bits per heavy atom. The second kappa shape index (κ2) is 6.10. The topological polar surface area (TPSA) is 58.6 Å². The van der Waals surface area contributed by atoms with E-state index in [1.165, 1.54) is 12.1 Å². The summed E-state index contributed by atoms with van der Waals surface area (Å²) in [4.78, 5) is 12.1. The van der Waals surface area contributed by atoms with Crippen LogP contribution < -0.4 is 10.1 Å². The summed E-state index contributed by atoms with van der Waals surface area (Å²) in [5.74, 6) is 0.638. The van der Waals surface area contributed by atoms with Gasteiger partial charge in [-0.1, -0.05) is 18.2 Å². The zero-order valence-electron chi connectivity index (χ0n) is 11.5. The van der Waals surface area contributed by atoms with E-state index in [4.69, 9.17) is 4.74 Å². The van der Waals surface area contributed by atoms with E-state index in [1.54, 1.807) is 19.2 Å². The molecule has 2 aromatic carbocycles. The van der Waals surface area contributed by atoms with Crippen molar-refractivity contribution in [3.05, 3.63) is 59.7 Å². The quantitative estimate of drug-likeness (QED) is 0.899. The molecule has 0 aromatic heterocycles. The molecule has 20 heavy (non-hydrogen) atoms. The molecule has 0 spiro atoms. The van der Waals surface area contributed by atoms with Crippen LogP contribution in [0.1, 0.15) is 28.9 Å². The summed E-state index contributed by atoms with van der Waals surface area (Å²) in [5, 5.41) is 12.3. The summed E-state index contributed by atoms with van der Waals surface area (Å²) in [6.45, 7) is 1.91. The Hall–Kier alpha value is -2.49. The Morgan fingerprint density at radius 1 is 1.20 bits per heavy atom. The van der Waals surface area contributed by atoms with Crippen LogP contribution in [0.3, 0.4) is 0 Å². The van der Waals surface area contributed by atoms with Gasteiger partial charge in [0, 0.05) is 5.56 Å². The second-order valence-corrected chi connectivity index (χ2v) is 4.52. The van der Waals surface area contributed by atoms with Gasteiger partial charge < -0.3 is 15.2 Å². The van der Waals surface area contributed by atoms with E-state index >= 15 is 0 Å². The second-order valence-electron chi connectivity index (χ2n) is 4.52. The fourth-order valence-corrected chi connectivity index (χ4v) is 1.90. The van der Waals surface area contributed by atoms with Crippen LogP contribution in [-0.2, 0) is 0 Å². The summed E-state index contributed by atoms with van der Waals surface area (Å²) in [5.41, 5.74) is 1.42. The van der Waals surface area contributed by atoms with Crippen LogP contribution in [-0.4, -0.2) is 18.1 Å². The summed E-state index contributed by atoms with van der Waals surface area (Å²) in [6.07, 6.45) is 0. The monoisotopic (exact) mass is 271 g/mol. The number of aromatic hydroxyl groups is 1. The van der Waals surface area contributed by atoms with Crippen molar-refractivity contribution in [1.82, 2.24) is 5.32 Å². The van der Waals surface area contributed by atoms with E-state index in [1.807, 2.05) is 31.2 Å². The lowest BCUT2D eigenvalue weighted by Crippen LogP contribution is -2.26. The molecule has 0 aliphatic carbocycles. The van der Waals surface area contributed by atoms with Crippen LogP contribution in [0.15, 0.2) is 48.5 Å². The van der Waals surface area contributed by atoms with Gasteiger partial charge in [0.2, 0.25) is 0 Å². The molecule has 0 bridgehead atoms. The predicted molar refractivity (Wildman–Crippen MR) is 77.0 cm³/mol. The lowest BCUT2D eigenvalue weighted by atomic mass is 10.1. The molecule has 2 N–H and O–H groups in total. The van der Waals surface area contributed by atoms with Crippen molar-refractivity contribution in [2.45, 2.75) is 13.0 Å². The number of methoxy groups -OCH3 is 1. The van der Waals surface area contributed by atoms with Gasteiger partial charge in [0.15, 0.2) is 0 Å². The molecule has 104 valence electrons. The number of benzene rings is 2. The van der Waals surface area contributed by atoms with Gasteiger partial charge in [0.05, 0.1) is 13.2 Å². The highest BCUT2D eigenvalue weighted by Crippen LogP contribution is 2.18. The average Bonchev–Trinajstić information content (AvgIpc) is 2.47. The SMILES string of the molecule is COc1ccc(C(C)NC(=O)c2cccc(O)c2)cc1. The van der Waals surface area contributed by atoms with Crippen LogP contribution in [0.2, 0.25) is 0 Å². The van der Waals surface area contributed by atoms with Crippen molar-refractivity contribution in [3.8, 4) is 11.5 Å². The number of hydrogen-bond donors (Lipinski definition) is 2. The molecule has 0 fully saturated rings. The van der Waals surface area contributed by atoms with Gasteiger partial charge in [-0.15, -0.1) is 0 Å². The van der Waals surface area contributed by atoms with Crippen LogP contribution in [0.5, 0.6) is 11.5 Å². The van der Waals surface area contributed by atoms with E-state index in [0.29, 0.717) is 5.56 Å². The third kappa shape index (κ3) is 3.29. The van der Waals surface area contributed by atoms with Gasteiger partial charge in [-0.3, -0.25) is 4.79 Å². The van der Waals surface area contributed by atoms with Gasteiger partial charge in [-0.2, -0.15) is 0 Å². The minimum Gasteiger partial charge on any atom is -0.508 e. The van der Waals surface area contributed by atoms with Gasteiger partial charge in [-0.25, -0.2) is 0 Å². The first-order valence-electron chi connectivity index (χ1n) is 6.34. The molecule has 0 aliphatic heterocycles. The van der Waals surface area contributed by atoms with E-state index in [-0.39, 0.29) is 17.7 Å². The number of rotatable bonds is 4. The number of carbonyl (C=O) groups excluding carboxylic acids is 1. The van der Waals surface area contributed by atoms with Crippen molar-refractivity contribution in [1.29, 1.82) is 0 Å². The number of nitrogens with one attached hydrogen (secondary N) is 1. The normalized spacial score (nSPS) is 11.7. The van der Waals surface area contributed by atoms with Crippen molar-refractivity contribution in [2.75, 3.05) is 7.11 Å². The first kappa shape index (κ1) is 13.9. The molecule has 4 nitrogen and oxygen atoms in total. The van der Waals surface area contributed by atoms with Gasteiger partial charge in [-0.05, 0) is 42.8 Å². The minimum atomic E-state index is -0.218. The van der Waals surface area contributed by atoms with E-state index in [9.17, 15) is 9.90 Å². The maximum Gasteiger partial charge on any atom is 0.251 e. The number of ether oxygens (including phenoxy) is 1. The summed E-state index contributed by atoms with van der Waals surface area (Å²) in [6, 6.07) is 13.7. The minimum absolute atomic E-state index is 0.0785. The molecule has 2 rings (SSSR count). The molecule has 1 unspecified atom stereocenters. The van der Waals surface area contributed by atoms with Crippen LogP contribution in [0.4, 0.5) is 0 Å². The summed E-state index contributed by atoms with van der Waals surface area (Å²) < 4.78 is 5.10. The maximum absolute atomic E-state index is 12.1. The molecule has 4 heteroatoms. The van der Waals surface area contributed by atoms with Crippen molar-refractivity contribution in [2.24, 2.45) is 0 Å². The predicted octanol–water partition coefficient (Wildman–Crippen LogP) is 2.89. The van der Waals surface area contributed by atoms with Crippen LogP contribution in [0.25, 0.3) is 0 Å². The highest BCUT2D eigenvalue weighted by molar-refractivity contribution is 5.94. The maximum atomic E-state index is 12.1. The standard InChI is InChI=1S/C16H17NO3/c1-11(12-6-8-15(20-2)9-7-12)17-16(19)13-4-3-5-14(18)10-13/h3-11,18H,1-2H3,(H,17,19). The van der Waals surface area contributed by atoms with Crippen molar-refractivity contribution in [3.63, 3.8) is 0 Å². The molecule has 0 saturated heterocycles. The number of carbonyl (C=O) groups is 1. The smallest absolute Gasteiger partial charge is 0.251 e. The fourth-order valence-electron chi connectivity index (χ4n) is 1.90. The van der Waals surface area contributed by atoms with Crippen molar-refractivity contribution >= 4 is 5.91 Å². The van der Waals surface area contributed by atoms with Crippen molar-refractivity contribution < 1.29 is 14.6 Å². The highest BCUT2D eigenvalue weighted by Gasteiger charge is 2.11. The molecule has 2 aromatic rings. The largest absolute Gasteiger partial charge is 0.508 e.